The van der Waals surface area contributed by atoms with Gasteiger partial charge in [0.1, 0.15) is 10.8 Å². The third-order valence-corrected chi connectivity index (χ3v) is 5.24. The molecule has 2 heterocycles. The first-order valence-electron chi connectivity index (χ1n) is 6.37. The van der Waals surface area contributed by atoms with Gasteiger partial charge in [0.15, 0.2) is 0 Å². The van der Waals surface area contributed by atoms with E-state index in [4.69, 9.17) is 0 Å². The molecule has 1 aliphatic rings. The molecule has 19 heavy (non-hydrogen) atoms. The van der Waals surface area contributed by atoms with Crippen molar-refractivity contribution in [3.8, 4) is 0 Å². The highest BCUT2D eigenvalue weighted by Crippen LogP contribution is 2.28. The number of nitrogens with zero attached hydrogens (tertiary/aromatic N) is 1. The van der Waals surface area contributed by atoms with Crippen LogP contribution in [0.15, 0.2) is 34.5 Å². The van der Waals surface area contributed by atoms with Crippen LogP contribution in [0.25, 0.3) is 0 Å². The number of thioether (sulfide) groups is 1. The molecule has 1 N–H and O–H groups in total. The molecule has 3 rings (SSSR count). The molecule has 0 amide bonds. The average Bonchev–Trinajstić information content (AvgIpc) is 3.09. The SMILES string of the molecule is Fc1ccc(SCc2nc(C3CCCN3)cs2)cc1. The fourth-order valence-corrected chi connectivity index (χ4v) is 3.93. The van der Waals surface area contributed by atoms with Crippen LogP contribution in [0, 0.1) is 5.82 Å². The first-order chi connectivity index (χ1) is 9.31. The summed E-state index contributed by atoms with van der Waals surface area (Å²) in [5.74, 6) is 0.663. The first kappa shape index (κ1) is 13.1. The molecule has 0 aliphatic carbocycles. The van der Waals surface area contributed by atoms with Gasteiger partial charge >= 0.3 is 0 Å². The number of nitrogens with one attached hydrogen (secondary N) is 1. The predicted molar refractivity (Wildman–Crippen MR) is 78.1 cm³/mol. The highest BCUT2D eigenvalue weighted by molar-refractivity contribution is 7.98. The molecule has 0 saturated carbocycles. The Morgan fingerprint density at radius 2 is 2.21 bits per heavy atom. The van der Waals surface area contributed by atoms with Gasteiger partial charge in [-0.05, 0) is 43.7 Å². The highest BCUT2D eigenvalue weighted by atomic mass is 32.2. The monoisotopic (exact) mass is 294 g/mol. The average molecular weight is 294 g/mol. The summed E-state index contributed by atoms with van der Waals surface area (Å²) in [6.07, 6.45) is 2.43. The third-order valence-electron chi connectivity index (χ3n) is 3.16. The maximum absolute atomic E-state index is 12.8. The summed E-state index contributed by atoms with van der Waals surface area (Å²) in [5, 5.41) is 6.76. The number of halogens is 1. The van der Waals surface area contributed by atoms with Crippen LogP contribution in [0.2, 0.25) is 0 Å². The molecule has 1 fully saturated rings. The lowest BCUT2D eigenvalue weighted by molar-refractivity contribution is 0.626. The van der Waals surface area contributed by atoms with Crippen molar-refractivity contribution in [3.63, 3.8) is 0 Å². The number of rotatable bonds is 4. The maximum Gasteiger partial charge on any atom is 0.123 e. The molecule has 1 aliphatic heterocycles. The molecule has 0 bridgehead atoms. The molecule has 0 spiro atoms. The van der Waals surface area contributed by atoms with Gasteiger partial charge in [0.05, 0.1) is 17.5 Å². The van der Waals surface area contributed by atoms with Crippen LogP contribution >= 0.6 is 23.1 Å². The Hall–Kier alpha value is -0.910. The smallest absolute Gasteiger partial charge is 0.123 e. The van der Waals surface area contributed by atoms with Crippen LogP contribution in [0.4, 0.5) is 4.39 Å². The molecule has 5 heteroatoms. The van der Waals surface area contributed by atoms with E-state index in [2.05, 4.69) is 15.7 Å². The normalized spacial score (nSPS) is 18.9. The molecule has 2 nitrogen and oxygen atoms in total. The van der Waals surface area contributed by atoms with E-state index in [1.165, 1.54) is 30.7 Å². The van der Waals surface area contributed by atoms with Crippen molar-refractivity contribution in [1.82, 2.24) is 10.3 Å². The molecule has 1 atom stereocenters. The molecule has 1 aromatic heterocycles. The van der Waals surface area contributed by atoms with Crippen molar-refractivity contribution in [2.45, 2.75) is 29.5 Å². The minimum atomic E-state index is -0.187. The van der Waals surface area contributed by atoms with Gasteiger partial charge in [-0.2, -0.15) is 0 Å². The summed E-state index contributed by atoms with van der Waals surface area (Å²) < 4.78 is 12.8. The zero-order chi connectivity index (χ0) is 13.1. The van der Waals surface area contributed by atoms with Gasteiger partial charge in [-0.1, -0.05) is 0 Å². The number of thiazole rings is 1. The van der Waals surface area contributed by atoms with E-state index < -0.39 is 0 Å². The topological polar surface area (TPSA) is 24.9 Å². The number of aromatic nitrogens is 1. The van der Waals surface area contributed by atoms with E-state index >= 15 is 0 Å². The molecular formula is C14H15FN2S2. The standard InChI is InChI=1S/C14H15FN2S2/c15-10-3-5-11(6-4-10)18-9-14-17-13(8-19-14)12-2-1-7-16-12/h3-6,8,12,16H,1-2,7,9H2. The van der Waals surface area contributed by atoms with Gasteiger partial charge in [0.2, 0.25) is 0 Å². The Morgan fingerprint density at radius 3 is 2.95 bits per heavy atom. The Balaban J connectivity index is 1.59. The molecule has 1 saturated heterocycles. The van der Waals surface area contributed by atoms with E-state index in [1.807, 2.05) is 12.1 Å². The molecule has 100 valence electrons. The Labute approximate surface area is 120 Å². The lowest BCUT2D eigenvalue weighted by Crippen LogP contribution is -2.13. The predicted octanol–water partition coefficient (Wildman–Crippen LogP) is 4.00. The lowest BCUT2D eigenvalue weighted by Gasteiger charge is -2.05. The quantitative estimate of drug-likeness (QED) is 0.863. The van der Waals surface area contributed by atoms with E-state index in [-0.39, 0.29) is 5.82 Å². The van der Waals surface area contributed by atoms with Gasteiger partial charge in [0.25, 0.3) is 0 Å². The van der Waals surface area contributed by atoms with E-state index in [0.717, 1.165) is 22.2 Å². The molecular weight excluding hydrogens is 279 g/mol. The first-order valence-corrected chi connectivity index (χ1v) is 8.24. The molecule has 1 aromatic carbocycles. The van der Waals surface area contributed by atoms with Gasteiger partial charge in [-0.3, -0.25) is 0 Å². The fourth-order valence-electron chi connectivity index (χ4n) is 2.16. The Bertz CT molecular complexity index is 533. The third kappa shape index (κ3) is 3.35. The van der Waals surface area contributed by atoms with E-state index in [0.29, 0.717) is 6.04 Å². The second kappa shape index (κ2) is 6.03. The second-order valence-corrected chi connectivity index (χ2v) is 6.55. The van der Waals surface area contributed by atoms with Gasteiger partial charge in [-0.15, -0.1) is 23.1 Å². The summed E-state index contributed by atoms with van der Waals surface area (Å²) >= 11 is 3.41. The van der Waals surface area contributed by atoms with Crippen molar-refractivity contribution in [3.05, 3.63) is 46.2 Å². The summed E-state index contributed by atoms with van der Waals surface area (Å²) in [6.45, 7) is 1.10. The van der Waals surface area contributed by atoms with Crippen LogP contribution in [0.1, 0.15) is 29.6 Å². The second-order valence-electron chi connectivity index (χ2n) is 4.56. The largest absolute Gasteiger partial charge is 0.309 e. The Kier molecular flexibility index (Phi) is 4.15. The maximum atomic E-state index is 12.8. The number of hydrogen-bond donors (Lipinski definition) is 1. The van der Waals surface area contributed by atoms with Crippen LogP contribution in [0.5, 0.6) is 0 Å². The molecule has 0 radical (unpaired) electrons. The summed E-state index contributed by atoms with van der Waals surface area (Å²) in [5.41, 5.74) is 1.18. The fraction of sp³-hybridized carbons (Fsp3) is 0.357. The highest BCUT2D eigenvalue weighted by Gasteiger charge is 2.18. The van der Waals surface area contributed by atoms with Crippen LogP contribution < -0.4 is 5.32 Å². The van der Waals surface area contributed by atoms with Gasteiger partial charge < -0.3 is 5.32 Å². The minimum absolute atomic E-state index is 0.187. The molecule has 2 aromatic rings. The van der Waals surface area contributed by atoms with Gasteiger partial charge in [0, 0.05) is 10.3 Å². The number of hydrogen-bond acceptors (Lipinski definition) is 4. The lowest BCUT2D eigenvalue weighted by atomic mass is 10.2. The Morgan fingerprint density at radius 1 is 1.37 bits per heavy atom. The van der Waals surface area contributed by atoms with Crippen molar-refractivity contribution in [2.24, 2.45) is 0 Å². The summed E-state index contributed by atoms with van der Waals surface area (Å²) in [6, 6.07) is 7.07. The minimum Gasteiger partial charge on any atom is -0.309 e. The zero-order valence-corrected chi connectivity index (χ0v) is 12.1. The van der Waals surface area contributed by atoms with Crippen molar-refractivity contribution in [2.75, 3.05) is 6.54 Å². The van der Waals surface area contributed by atoms with Crippen molar-refractivity contribution < 1.29 is 4.39 Å². The van der Waals surface area contributed by atoms with Crippen LogP contribution in [-0.2, 0) is 5.75 Å². The van der Waals surface area contributed by atoms with Gasteiger partial charge in [-0.25, -0.2) is 9.37 Å². The van der Waals surface area contributed by atoms with E-state index in [1.54, 1.807) is 23.1 Å². The number of benzene rings is 1. The van der Waals surface area contributed by atoms with E-state index in [9.17, 15) is 4.39 Å². The van der Waals surface area contributed by atoms with Crippen LogP contribution in [-0.4, -0.2) is 11.5 Å². The van der Waals surface area contributed by atoms with Crippen molar-refractivity contribution >= 4 is 23.1 Å². The molecule has 1 unspecified atom stereocenters. The summed E-state index contributed by atoms with van der Waals surface area (Å²) in [7, 11) is 0. The van der Waals surface area contributed by atoms with Crippen LogP contribution in [0.3, 0.4) is 0 Å². The van der Waals surface area contributed by atoms with Crippen molar-refractivity contribution in [1.29, 1.82) is 0 Å². The summed E-state index contributed by atoms with van der Waals surface area (Å²) in [4.78, 5) is 5.77. The zero-order valence-electron chi connectivity index (χ0n) is 10.4.